The number of nitrogens with zero attached hydrogens (tertiary/aromatic N) is 4. The van der Waals surface area contributed by atoms with Gasteiger partial charge in [-0.3, -0.25) is 19.2 Å². The van der Waals surface area contributed by atoms with Crippen LogP contribution < -0.4 is 0 Å². The summed E-state index contributed by atoms with van der Waals surface area (Å²) in [5.74, 6) is -9.78. The SMILES string of the molecule is CC(C)C[C@H]1C(=O)O[C@H](Cc2ccc(C(Br)c3ccc(F)c(F)c3)cc2)C(=O)N(C)[C@@H](CC(C)C)C(=O)O[C@H](C)C(=O)N(C)[C@@H](CC(C)C)C(=O)O[C@H](Cc2ccccc2)C(=O)N(C)[C@@H](CC(C)C)C(=O)O[C@H](C)C(=O)N1C. The predicted octanol–water partition coefficient (Wildman–Crippen LogP) is 8.43. The first-order chi connectivity index (χ1) is 36.5. The van der Waals surface area contributed by atoms with Crippen molar-refractivity contribution in [2.24, 2.45) is 23.7 Å². The zero-order valence-electron chi connectivity index (χ0n) is 47.5. The molecular formula is C59H79BrF2N4O12. The lowest BCUT2D eigenvalue weighted by Crippen LogP contribution is -2.55. The van der Waals surface area contributed by atoms with E-state index in [-0.39, 0.29) is 62.2 Å². The average Bonchev–Trinajstić information content (AvgIpc) is 3.40. The minimum atomic E-state index is -1.62. The van der Waals surface area contributed by atoms with Crippen molar-refractivity contribution in [2.75, 3.05) is 28.2 Å². The Hall–Kier alpha value is -6.24. The Kier molecular flexibility index (Phi) is 24.0. The van der Waals surface area contributed by atoms with Crippen molar-refractivity contribution in [1.82, 2.24) is 19.6 Å². The molecule has 0 spiro atoms. The highest BCUT2D eigenvalue weighted by Gasteiger charge is 2.43. The fraction of sp³-hybridized carbons (Fsp3) is 0.559. The quantitative estimate of drug-likeness (QED) is 0.0854. The van der Waals surface area contributed by atoms with E-state index in [4.69, 9.17) is 18.9 Å². The van der Waals surface area contributed by atoms with E-state index in [1.807, 2.05) is 55.4 Å². The zero-order chi connectivity index (χ0) is 58.5. The van der Waals surface area contributed by atoms with Crippen LogP contribution in [0.2, 0.25) is 0 Å². The van der Waals surface area contributed by atoms with Gasteiger partial charge >= 0.3 is 23.9 Å². The number of amides is 4. The van der Waals surface area contributed by atoms with Gasteiger partial charge in [0.15, 0.2) is 36.1 Å². The molecule has 78 heavy (non-hydrogen) atoms. The number of esters is 4. The average molecular weight is 1150 g/mol. The van der Waals surface area contributed by atoms with Gasteiger partial charge in [-0.05, 0) is 97.6 Å². The largest absolute Gasteiger partial charge is 0.451 e. The van der Waals surface area contributed by atoms with Crippen LogP contribution in [0.1, 0.15) is 122 Å². The molecule has 1 aliphatic rings. The Balaban J connectivity index is 1.87. The van der Waals surface area contributed by atoms with Gasteiger partial charge in [-0.15, -0.1) is 0 Å². The second-order valence-electron chi connectivity index (χ2n) is 22.1. The number of carbonyl (C=O) groups is 8. The highest BCUT2D eigenvalue weighted by molar-refractivity contribution is 9.09. The summed E-state index contributed by atoms with van der Waals surface area (Å²) < 4.78 is 51.9. The van der Waals surface area contributed by atoms with Crippen LogP contribution in [0.5, 0.6) is 0 Å². The van der Waals surface area contributed by atoms with Gasteiger partial charge in [-0.25, -0.2) is 28.0 Å². The summed E-state index contributed by atoms with van der Waals surface area (Å²) in [6.45, 7) is 17.3. The molecule has 0 aliphatic carbocycles. The Labute approximate surface area is 466 Å². The molecule has 0 radical (unpaired) electrons. The van der Waals surface area contributed by atoms with Crippen molar-refractivity contribution in [2.45, 2.75) is 161 Å². The first kappa shape index (κ1) is 64.3. The number of halogens is 3. The molecule has 3 aromatic carbocycles. The number of alkyl halides is 1. The van der Waals surface area contributed by atoms with Crippen molar-refractivity contribution in [3.05, 3.63) is 107 Å². The number of likely N-dealkylation sites (N-methyl/N-ethyl adjacent to an activating group) is 4. The fourth-order valence-electron chi connectivity index (χ4n) is 9.21. The lowest BCUT2D eigenvalue weighted by Gasteiger charge is -2.35. The molecule has 9 atom stereocenters. The van der Waals surface area contributed by atoms with Gasteiger partial charge in [0.05, 0.1) is 4.83 Å². The minimum Gasteiger partial charge on any atom is -0.451 e. The third-order valence-corrected chi connectivity index (χ3v) is 14.7. The first-order valence-electron chi connectivity index (χ1n) is 26.6. The first-order valence-corrected chi connectivity index (χ1v) is 27.5. The molecule has 16 nitrogen and oxygen atoms in total. The highest BCUT2D eigenvalue weighted by atomic mass is 79.9. The molecule has 1 unspecified atom stereocenters. The molecule has 428 valence electrons. The Morgan fingerprint density at radius 1 is 0.436 bits per heavy atom. The van der Waals surface area contributed by atoms with Gasteiger partial charge in [0.1, 0.15) is 24.2 Å². The lowest BCUT2D eigenvalue weighted by atomic mass is 9.99. The molecular weight excluding hydrogens is 1070 g/mol. The van der Waals surface area contributed by atoms with Crippen LogP contribution in [-0.4, -0.2) is 144 Å². The normalized spacial score (nSPS) is 23.9. The smallest absolute Gasteiger partial charge is 0.329 e. The summed E-state index contributed by atoms with van der Waals surface area (Å²) in [5, 5.41) is 0. The van der Waals surface area contributed by atoms with E-state index in [2.05, 4.69) is 15.9 Å². The van der Waals surface area contributed by atoms with E-state index in [0.717, 1.165) is 31.7 Å². The van der Waals surface area contributed by atoms with Gasteiger partial charge in [0.2, 0.25) is 0 Å². The van der Waals surface area contributed by atoms with Crippen LogP contribution in [0.4, 0.5) is 8.78 Å². The van der Waals surface area contributed by atoms with Crippen molar-refractivity contribution in [3.8, 4) is 0 Å². The molecule has 1 saturated heterocycles. The Morgan fingerprint density at radius 2 is 0.756 bits per heavy atom. The van der Waals surface area contributed by atoms with Gasteiger partial charge in [0, 0.05) is 41.0 Å². The lowest BCUT2D eigenvalue weighted by molar-refractivity contribution is -0.176. The summed E-state index contributed by atoms with van der Waals surface area (Å²) in [4.78, 5) is 120. The zero-order valence-corrected chi connectivity index (χ0v) is 49.1. The molecule has 4 amide bonds. The maximum atomic E-state index is 15.0. The molecule has 19 heteroatoms. The Bertz CT molecular complexity index is 2550. The van der Waals surface area contributed by atoms with Crippen LogP contribution in [0.25, 0.3) is 0 Å². The number of cyclic esters (lactones) is 4. The Morgan fingerprint density at radius 3 is 1.10 bits per heavy atom. The van der Waals surface area contributed by atoms with E-state index in [9.17, 15) is 47.1 Å². The second-order valence-corrected chi connectivity index (χ2v) is 23.0. The fourth-order valence-corrected chi connectivity index (χ4v) is 9.80. The molecule has 1 heterocycles. The molecule has 3 aromatic rings. The number of hydrogen-bond acceptors (Lipinski definition) is 12. The standard InChI is InChI=1S/C59H79BrF2N4O12/c1-33(2)26-45-56(71)75-38(10)53(68)64(12)48(29-36(7)8)59(74)78-50(31-40-20-22-41(23-21-40)51(60)42-24-25-43(61)44(62)32-42)55(70)66(14)46(27-34(3)4)57(72)76-37(9)52(67)63(11)47(28-35(5)6)58(73)77-49(54(69)65(45)13)30-39-18-16-15-17-19-39/h15-25,32-38,45-51H,26-31H2,1-14H3/t37-,38-,45+,46+,47+,48+,49-,50-,51?/m1/s1. The summed E-state index contributed by atoms with van der Waals surface area (Å²) in [7, 11) is 5.44. The molecule has 0 aromatic heterocycles. The van der Waals surface area contributed by atoms with Gasteiger partial charge in [0.25, 0.3) is 23.6 Å². The summed E-state index contributed by atoms with van der Waals surface area (Å²) in [6, 6.07) is 13.8. The maximum Gasteiger partial charge on any atom is 0.329 e. The maximum absolute atomic E-state index is 15.0. The van der Waals surface area contributed by atoms with E-state index < -0.39 is 113 Å². The molecule has 4 rings (SSSR count). The van der Waals surface area contributed by atoms with Crippen molar-refractivity contribution >= 4 is 63.4 Å². The van der Waals surface area contributed by atoms with Crippen LogP contribution in [0.3, 0.4) is 0 Å². The molecule has 0 bridgehead atoms. The van der Waals surface area contributed by atoms with Gasteiger partial charge < -0.3 is 38.5 Å². The third-order valence-electron chi connectivity index (χ3n) is 13.7. The second kappa shape index (κ2) is 29.1. The molecule has 0 N–H and O–H groups in total. The molecule has 1 aliphatic heterocycles. The number of benzene rings is 3. The number of rotatable bonds is 14. The van der Waals surface area contributed by atoms with Crippen molar-refractivity contribution in [1.29, 1.82) is 0 Å². The highest BCUT2D eigenvalue weighted by Crippen LogP contribution is 2.32. The van der Waals surface area contributed by atoms with E-state index >= 15 is 0 Å². The number of carbonyl (C=O) groups excluding carboxylic acids is 8. The van der Waals surface area contributed by atoms with E-state index in [0.29, 0.717) is 22.3 Å². The minimum absolute atomic E-state index is 0.0409. The van der Waals surface area contributed by atoms with Crippen molar-refractivity contribution in [3.63, 3.8) is 0 Å². The van der Waals surface area contributed by atoms with Crippen LogP contribution >= 0.6 is 15.9 Å². The monoisotopic (exact) mass is 1150 g/mol. The van der Waals surface area contributed by atoms with Crippen LogP contribution in [-0.2, 0) is 70.1 Å². The number of hydrogen-bond donors (Lipinski definition) is 0. The summed E-state index contributed by atoms with van der Waals surface area (Å²) >= 11 is 3.55. The van der Waals surface area contributed by atoms with Gasteiger partial charge in [-0.2, -0.15) is 0 Å². The molecule has 0 saturated carbocycles. The predicted molar refractivity (Wildman–Crippen MR) is 292 cm³/mol. The number of ether oxygens (including phenoxy) is 4. The summed E-state index contributed by atoms with van der Waals surface area (Å²) in [5.41, 5.74) is 2.20. The topological polar surface area (TPSA) is 186 Å². The van der Waals surface area contributed by atoms with Gasteiger partial charge in [-0.1, -0.05) is 132 Å². The van der Waals surface area contributed by atoms with Crippen molar-refractivity contribution < 1.29 is 66.1 Å². The molecule has 1 fully saturated rings. The van der Waals surface area contributed by atoms with Crippen LogP contribution in [0, 0.1) is 35.3 Å². The van der Waals surface area contributed by atoms with E-state index in [1.54, 1.807) is 54.6 Å². The summed E-state index contributed by atoms with van der Waals surface area (Å²) in [6.07, 6.45) is -6.25. The van der Waals surface area contributed by atoms with Crippen LogP contribution in [0.15, 0.2) is 72.8 Å². The third kappa shape index (κ3) is 17.6. The van der Waals surface area contributed by atoms with E-state index in [1.165, 1.54) is 48.1 Å².